The van der Waals surface area contributed by atoms with Crippen molar-refractivity contribution >= 4 is 30.7 Å². The summed E-state index contributed by atoms with van der Waals surface area (Å²) in [6.45, 7) is 7.44. The van der Waals surface area contributed by atoms with Crippen molar-refractivity contribution in [1.29, 1.82) is 0 Å². The van der Waals surface area contributed by atoms with E-state index in [0.29, 0.717) is 24.3 Å². The van der Waals surface area contributed by atoms with Gasteiger partial charge in [0.05, 0.1) is 0 Å². The van der Waals surface area contributed by atoms with E-state index in [-0.39, 0.29) is 30.7 Å². The molecule has 1 saturated carbocycles. The Balaban J connectivity index is 0.00000220. The lowest BCUT2D eigenvalue weighted by Crippen LogP contribution is -2.41. The first kappa shape index (κ1) is 22.0. The molecule has 132 valence electrons. The van der Waals surface area contributed by atoms with Crippen LogP contribution < -0.4 is 10.6 Å². The average molecular weight is 354 g/mol. The number of hydrogen-bond acceptors (Lipinski definition) is 3. The quantitative estimate of drug-likeness (QED) is 0.738. The van der Waals surface area contributed by atoms with Gasteiger partial charge in [-0.3, -0.25) is 9.69 Å². The van der Waals surface area contributed by atoms with Crippen molar-refractivity contribution in [2.45, 2.75) is 58.0 Å². The minimum absolute atomic E-state index is 0. The van der Waals surface area contributed by atoms with Crippen LogP contribution in [0.3, 0.4) is 0 Å². The smallest absolute Gasteiger partial charge is 0.220 e. The number of nitrogens with zero attached hydrogens (tertiary/aromatic N) is 1. The predicted octanol–water partition coefficient (Wildman–Crippen LogP) is 2.45. The molecule has 1 aliphatic carbocycles. The molecule has 2 fully saturated rings. The number of halogens is 2. The highest BCUT2D eigenvalue weighted by atomic mass is 35.5. The van der Waals surface area contributed by atoms with Gasteiger partial charge in [-0.15, -0.1) is 24.8 Å². The molecule has 0 aromatic rings. The molecular weight excluding hydrogens is 321 g/mol. The molecule has 2 rings (SSSR count). The molecule has 2 aliphatic rings. The lowest BCUT2D eigenvalue weighted by atomic mass is 9.84. The summed E-state index contributed by atoms with van der Waals surface area (Å²) < 4.78 is 0. The number of carbonyl (C=O) groups is 1. The summed E-state index contributed by atoms with van der Waals surface area (Å²) in [5.74, 6) is 1.45. The number of piperidine rings is 1. The molecule has 2 unspecified atom stereocenters. The molecule has 0 aromatic heterocycles. The number of nitrogens with one attached hydrogen (secondary N) is 2. The normalized spacial score (nSPS) is 21.5. The molecule has 1 amide bonds. The highest BCUT2D eigenvalue weighted by Crippen LogP contribution is 2.27. The Bertz CT molecular complexity index is 321. The Morgan fingerprint density at radius 1 is 1.18 bits per heavy atom. The highest BCUT2D eigenvalue weighted by Gasteiger charge is 2.29. The molecule has 22 heavy (non-hydrogen) atoms. The van der Waals surface area contributed by atoms with Gasteiger partial charge < -0.3 is 10.6 Å². The third kappa shape index (κ3) is 7.03. The standard InChI is InChI=1S/C16H31N3O.2ClH/c1-12(14-6-8-17-9-7-14)10-16(20)18-11-13(2)19(3)15-4-5-15;;/h12-15,17H,4-11H2,1-3H3,(H,18,20);2*1H. The maximum atomic E-state index is 12.1. The Morgan fingerprint density at radius 3 is 2.32 bits per heavy atom. The zero-order valence-electron chi connectivity index (χ0n) is 14.1. The summed E-state index contributed by atoms with van der Waals surface area (Å²) in [7, 11) is 2.17. The molecule has 1 heterocycles. The fourth-order valence-electron chi connectivity index (χ4n) is 3.19. The fraction of sp³-hybridized carbons (Fsp3) is 0.938. The predicted molar refractivity (Wildman–Crippen MR) is 97.1 cm³/mol. The van der Waals surface area contributed by atoms with Gasteiger partial charge in [0, 0.05) is 25.0 Å². The molecular formula is C16H33Cl2N3O. The lowest BCUT2D eigenvalue weighted by molar-refractivity contribution is -0.122. The van der Waals surface area contributed by atoms with Crippen molar-refractivity contribution in [2.24, 2.45) is 11.8 Å². The first-order valence-corrected chi connectivity index (χ1v) is 8.27. The van der Waals surface area contributed by atoms with Gasteiger partial charge in [-0.05, 0) is 64.6 Å². The van der Waals surface area contributed by atoms with E-state index in [1.54, 1.807) is 0 Å². The maximum absolute atomic E-state index is 12.1. The molecule has 2 N–H and O–H groups in total. The first-order valence-electron chi connectivity index (χ1n) is 8.27. The fourth-order valence-corrected chi connectivity index (χ4v) is 3.19. The van der Waals surface area contributed by atoms with Crippen LogP contribution in [0.25, 0.3) is 0 Å². The minimum Gasteiger partial charge on any atom is -0.355 e. The summed E-state index contributed by atoms with van der Waals surface area (Å²) in [6.07, 6.45) is 5.76. The van der Waals surface area contributed by atoms with E-state index in [4.69, 9.17) is 0 Å². The number of hydrogen-bond donors (Lipinski definition) is 2. The van der Waals surface area contributed by atoms with E-state index in [1.165, 1.54) is 25.7 Å². The van der Waals surface area contributed by atoms with Gasteiger partial charge in [0.25, 0.3) is 0 Å². The van der Waals surface area contributed by atoms with Crippen LogP contribution in [-0.4, -0.2) is 49.6 Å². The zero-order chi connectivity index (χ0) is 14.5. The van der Waals surface area contributed by atoms with E-state index in [0.717, 1.165) is 25.7 Å². The second kappa shape index (κ2) is 10.7. The highest BCUT2D eigenvalue weighted by molar-refractivity contribution is 5.85. The summed E-state index contributed by atoms with van der Waals surface area (Å²) in [4.78, 5) is 14.5. The van der Waals surface area contributed by atoms with Crippen molar-refractivity contribution in [3.8, 4) is 0 Å². The van der Waals surface area contributed by atoms with E-state index >= 15 is 0 Å². The zero-order valence-corrected chi connectivity index (χ0v) is 15.8. The molecule has 4 nitrogen and oxygen atoms in total. The van der Waals surface area contributed by atoms with Gasteiger partial charge in [0.1, 0.15) is 0 Å². The van der Waals surface area contributed by atoms with Crippen molar-refractivity contribution in [1.82, 2.24) is 15.5 Å². The van der Waals surface area contributed by atoms with Crippen molar-refractivity contribution in [3.05, 3.63) is 0 Å². The summed E-state index contributed by atoms with van der Waals surface area (Å²) in [5.41, 5.74) is 0. The van der Waals surface area contributed by atoms with E-state index < -0.39 is 0 Å². The van der Waals surface area contributed by atoms with Crippen LogP contribution in [0, 0.1) is 11.8 Å². The largest absolute Gasteiger partial charge is 0.355 e. The van der Waals surface area contributed by atoms with E-state index in [1.807, 2.05) is 0 Å². The van der Waals surface area contributed by atoms with E-state index in [2.05, 4.69) is 36.4 Å². The Hall–Kier alpha value is -0.0300. The van der Waals surface area contributed by atoms with Gasteiger partial charge in [0.2, 0.25) is 5.91 Å². The van der Waals surface area contributed by atoms with Crippen LogP contribution in [0.4, 0.5) is 0 Å². The molecule has 2 atom stereocenters. The van der Waals surface area contributed by atoms with Crippen molar-refractivity contribution < 1.29 is 4.79 Å². The van der Waals surface area contributed by atoms with Gasteiger partial charge >= 0.3 is 0 Å². The third-order valence-electron chi connectivity index (χ3n) is 5.11. The second-order valence-corrected chi connectivity index (χ2v) is 6.82. The van der Waals surface area contributed by atoms with Crippen LogP contribution in [0.2, 0.25) is 0 Å². The Morgan fingerprint density at radius 2 is 1.77 bits per heavy atom. The van der Waals surface area contributed by atoms with Crippen LogP contribution in [-0.2, 0) is 4.79 Å². The Labute approximate surface area is 148 Å². The number of rotatable bonds is 7. The topological polar surface area (TPSA) is 44.4 Å². The molecule has 0 radical (unpaired) electrons. The molecule has 6 heteroatoms. The average Bonchev–Trinajstić information content (AvgIpc) is 3.29. The van der Waals surface area contributed by atoms with E-state index in [9.17, 15) is 4.79 Å². The summed E-state index contributed by atoms with van der Waals surface area (Å²) in [6, 6.07) is 1.20. The summed E-state index contributed by atoms with van der Waals surface area (Å²) >= 11 is 0. The maximum Gasteiger partial charge on any atom is 0.220 e. The third-order valence-corrected chi connectivity index (χ3v) is 5.11. The number of carbonyl (C=O) groups excluding carboxylic acids is 1. The molecule has 0 aromatic carbocycles. The number of likely N-dealkylation sites (N-methyl/N-ethyl adjacent to an activating group) is 1. The van der Waals surface area contributed by atoms with Crippen molar-refractivity contribution in [2.75, 3.05) is 26.7 Å². The first-order chi connectivity index (χ1) is 9.58. The molecule has 0 bridgehead atoms. The Kier molecular flexibility index (Phi) is 10.7. The van der Waals surface area contributed by atoms with Crippen LogP contribution in [0.1, 0.15) is 46.0 Å². The summed E-state index contributed by atoms with van der Waals surface area (Å²) in [5, 5.41) is 6.51. The van der Waals surface area contributed by atoms with Gasteiger partial charge in [-0.25, -0.2) is 0 Å². The lowest BCUT2D eigenvalue weighted by Gasteiger charge is -2.28. The van der Waals surface area contributed by atoms with Gasteiger partial charge in [0.15, 0.2) is 0 Å². The monoisotopic (exact) mass is 353 g/mol. The van der Waals surface area contributed by atoms with Crippen LogP contribution >= 0.6 is 24.8 Å². The van der Waals surface area contributed by atoms with Gasteiger partial charge in [-0.1, -0.05) is 6.92 Å². The van der Waals surface area contributed by atoms with Gasteiger partial charge in [-0.2, -0.15) is 0 Å². The minimum atomic E-state index is 0. The number of amides is 1. The van der Waals surface area contributed by atoms with Crippen LogP contribution in [0.15, 0.2) is 0 Å². The van der Waals surface area contributed by atoms with Crippen molar-refractivity contribution in [3.63, 3.8) is 0 Å². The molecule has 0 spiro atoms. The van der Waals surface area contributed by atoms with Crippen LogP contribution in [0.5, 0.6) is 0 Å². The SMILES string of the molecule is CC(CC(=O)NCC(C)N(C)C1CC1)C1CCNCC1.Cl.Cl. The molecule has 1 aliphatic heterocycles. The second-order valence-electron chi connectivity index (χ2n) is 6.82. The molecule has 1 saturated heterocycles.